The van der Waals surface area contributed by atoms with Crippen LogP contribution in [0.1, 0.15) is 19.8 Å². The van der Waals surface area contributed by atoms with Crippen LogP contribution in [0, 0.1) is 0 Å². The predicted octanol–water partition coefficient (Wildman–Crippen LogP) is 0.653. The van der Waals surface area contributed by atoms with Crippen molar-refractivity contribution in [2.75, 3.05) is 25.6 Å². The van der Waals surface area contributed by atoms with Crippen LogP contribution in [0.25, 0.3) is 0 Å². The van der Waals surface area contributed by atoms with Gasteiger partial charge in [-0.05, 0) is 6.42 Å². The van der Waals surface area contributed by atoms with E-state index >= 15 is 0 Å². The molecule has 0 bridgehead atoms. The molecule has 0 saturated heterocycles. The molecule has 0 aliphatic rings. The van der Waals surface area contributed by atoms with Crippen molar-refractivity contribution in [3.8, 4) is 0 Å². The Bertz CT molecular complexity index is 456. The van der Waals surface area contributed by atoms with E-state index in [2.05, 4.69) is 9.72 Å². The van der Waals surface area contributed by atoms with Crippen LogP contribution in [0.15, 0.2) is 17.2 Å². The van der Waals surface area contributed by atoms with Gasteiger partial charge >= 0.3 is 5.97 Å². The fourth-order valence-corrected chi connectivity index (χ4v) is 1.58. The summed E-state index contributed by atoms with van der Waals surface area (Å²) < 4.78 is 6.18. The minimum atomic E-state index is -0.299. The van der Waals surface area contributed by atoms with Crippen LogP contribution in [0.5, 0.6) is 0 Å². The highest BCUT2D eigenvalue weighted by molar-refractivity contribution is 5.69. The molecular formula is C12H19N3O3. The minimum Gasteiger partial charge on any atom is -0.469 e. The van der Waals surface area contributed by atoms with Crippen LogP contribution in [0.4, 0.5) is 5.82 Å². The third-order valence-corrected chi connectivity index (χ3v) is 2.60. The van der Waals surface area contributed by atoms with Crippen LogP contribution in [0.3, 0.4) is 0 Å². The van der Waals surface area contributed by atoms with E-state index in [1.165, 1.54) is 7.11 Å². The zero-order valence-electron chi connectivity index (χ0n) is 11.0. The van der Waals surface area contributed by atoms with Crippen molar-refractivity contribution in [3.05, 3.63) is 22.7 Å². The molecule has 100 valence electrons. The number of anilines is 1. The maximum atomic E-state index is 12.1. The molecule has 18 heavy (non-hydrogen) atoms. The molecule has 0 atom stereocenters. The van der Waals surface area contributed by atoms with Crippen LogP contribution in [-0.4, -0.2) is 36.2 Å². The number of carbonyl (C=O) groups excluding carboxylic acids is 1. The summed E-state index contributed by atoms with van der Waals surface area (Å²) in [5, 5.41) is 0. The number of hydrogen-bond donors (Lipinski definition) is 0. The highest BCUT2D eigenvalue weighted by Crippen LogP contribution is 2.02. The summed E-state index contributed by atoms with van der Waals surface area (Å²) in [4.78, 5) is 28.8. The van der Waals surface area contributed by atoms with E-state index in [0.29, 0.717) is 18.9 Å². The lowest BCUT2D eigenvalue weighted by molar-refractivity contribution is -0.140. The summed E-state index contributed by atoms with van der Waals surface area (Å²) in [6.07, 6.45) is 4.39. The Morgan fingerprint density at radius 2 is 2.28 bits per heavy atom. The molecule has 0 fully saturated rings. The molecule has 1 heterocycles. The fourth-order valence-electron chi connectivity index (χ4n) is 1.58. The molecule has 0 radical (unpaired) electrons. The SMILES string of the molecule is CCCn1ccnc(N(C)CCC(=O)OC)c1=O. The van der Waals surface area contributed by atoms with Gasteiger partial charge in [-0.2, -0.15) is 0 Å². The Balaban J connectivity index is 2.79. The molecule has 0 unspecified atom stereocenters. The zero-order valence-corrected chi connectivity index (χ0v) is 11.0. The first-order chi connectivity index (χ1) is 8.60. The maximum absolute atomic E-state index is 12.1. The van der Waals surface area contributed by atoms with E-state index < -0.39 is 0 Å². The van der Waals surface area contributed by atoms with Gasteiger partial charge in [0, 0.05) is 32.5 Å². The zero-order chi connectivity index (χ0) is 13.5. The van der Waals surface area contributed by atoms with Crippen LogP contribution in [0.2, 0.25) is 0 Å². The van der Waals surface area contributed by atoms with Crippen molar-refractivity contribution in [2.24, 2.45) is 0 Å². The lowest BCUT2D eigenvalue weighted by Crippen LogP contribution is -2.32. The van der Waals surface area contributed by atoms with Crippen molar-refractivity contribution < 1.29 is 9.53 Å². The van der Waals surface area contributed by atoms with Gasteiger partial charge in [0.05, 0.1) is 13.5 Å². The molecule has 0 aliphatic carbocycles. The maximum Gasteiger partial charge on any atom is 0.307 e. The number of aromatic nitrogens is 2. The number of ether oxygens (including phenoxy) is 1. The Hall–Kier alpha value is -1.85. The number of esters is 1. The highest BCUT2D eigenvalue weighted by atomic mass is 16.5. The number of methoxy groups -OCH3 is 1. The van der Waals surface area contributed by atoms with Crippen molar-refractivity contribution >= 4 is 11.8 Å². The van der Waals surface area contributed by atoms with Crippen LogP contribution in [-0.2, 0) is 16.1 Å². The van der Waals surface area contributed by atoms with E-state index in [1.54, 1.807) is 28.9 Å². The number of nitrogens with zero attached hydrogens (tertiary/aromatic N) is 3. The second kappa shape index (κ2) is 6.78. The quantitative estimate of drug-likeness (QED) is 0.697. The lowest BCUT2D eigenvalue weighted by Gasteiger charge is -2.17. The van der Waals surface area contributed by atoms with Crippen molar-refractivity contribution in [1.29, 1.82) is 0 Å². The summed E-state index contributed by atoms with van der Waals surface area (Å²) in [7, 11) is 3.08. The summed E-state index contributed by atoms with van der Waals surface area (Å²) >= 11 is 0. The molecule has 0 saturated carbocycles. The first-order valence-electron chi connectivity index (χ1n) is 5.93. The Kier molecular flexibility index (Phi) is 5.35. The lowest BCUT2D eigenvalue weighted by atomic mass is 10.4. The number of rotatable bonds is 6. The predicted molar refractivity (Wildman–Crippen MR) is 68.7 cm³/mol. The summed E-state index contributed by atoms with van der Waals surface area (Å²) in [5.74, 6) is 0.0570. The third-order valence-electron chi connectivity index (χ3n) is 2.60. The number of aryl methyl sites for hydroxylation is 1. The molecule has 0 N–H and O–H groups in total. The first kappa shape index (κ1) is 14.2. The normalized spacial score (nSPS) is 10.2. The van der Waals surface area contributed by atoms with Gasteiger partial charge in [-0.25, -0.2) is 4.98 Å². The molecule has 0 aromatic carbocycles. The Labute approximate surface area is 106 Å². The summed E-state index contributed by atoms with van der Waals surface area (Å²) in [6, 6.07) is 0. The fraction of sp³-hybridized carbons (Fsp3) is 0.583. The average Bonchev–Trinajstić information content (AvgIpc) is 2.38. The van der Waals surface area contributed by atoms with E-state index in [4.69, 9.17) is 0 Å². The topological polar surface area (TPSA) is 64.4 Å². The van der Waals surface area contributed by atoms with Crippen LogP contribution >= 0.6 is 0 Å². The monoisotopic (exact) mass is 253 g/mol. The standard InChI is InChI=1S/C12H19N3O3/c1-4-7-15-9-6-13-11(12(15)17)14(2)8-5-10(16)18-3/h6,9H,4-5,7-8H2,1-3H3. The number of carbonyl (C=O) groups is 1. The van der Waals surface area contributed by atoms with Gasteiger partial charge < -0.3 is 14.2 Å². The van der Waals surface area contributed by atoms with E-state index in [0.717, 1.165) is 6.42 Å². The third kappa shape index (κ3) is 3.58. The van der Waals surface area contributed by atoms with Gasteiger partial charge in [0.15, 0.2) is 5.82 Å². The molecular weight excluding hydrogens is 234 g/mol. The van der Waals surface area contributed by atoms with E-state index in [1.807, 2.05) is 6.92 Å². The molecule has 1 rings (SSSR count). The Morgan fingerprint density at radius 3 is 2.89 bits per heavy atom. The minimum absolute atomic E-state index is 0.133. The van der Waals surface area contributed by atoms with Gasteiger partial charge in [-0.3, -0.25) is 9.59 Å². The van der Waals surface area contributed by atoms with Gasteiger partial charge in [-0.15, -0.1) is 0 Å². The molecule has 1 aromatic heterocycles. The highest BCUT2D eigenvalue weighted by Gasteiger charge is 2.11. The van der Waals surface area contributed by atoms with E-state index in [9.17, 15) is 9.59 Å². The molecule has 6 nitrogen and oxygen atoms in total. The van der Waals surface area contributed by atoms with Crippen molar-refractivity contribution in [2.45, 2.75) is 26.3 Å². The van der Waals surface area contributed by atoms with Gasteiger partial charge in [0.2, 0.25) is 0 Å². The average molecular weight is 253 g/mol. The Morgan fingerprint density at radius 1 is 1.56 bits per heavy atom. The molecule has 0 aliphatic heterocycles. The first-order valence-corrected chi connectivity index (χ1v) is 5.93. The molecule has 1 aromatic rings. The molecule has 0 amide bonds. The number of hydrogen-bond acceptors (Lipinski definition) is 5. The summed E-state index contributed by atoms with van der Waals surface area (Å²) in [6.45, 7) is 3.08. The van der Waals surface area contributed by atoms with Gasteiger partial charge in [-0.1, -0.05) is 6.92 Å². The largest absolute Gasteiger partial charge is 0.469 e. The summed E-state index contributed by atoms with van der Waals surface area (Å²) in [5.41, 5.74) is -0.133. The van der Waals surface area contributed by atoms with E-state index in [-0.39, 0.29) is 17.9 Å². The smallest absolute Gasteiger partial charge is 0.307 e. The molecule has 0 spiro atoms. The molecule has 6 heteroatoms. The van der Waals surface area contributed by atoms with Crippen molar-refractivity contribution in [3.63, 3.8) is 0 Å². The van der Waals surface area contributed by atoms with Gasteiger partial charge in [0.1, 0.15) is 0 Å². The van der Waals surface area contributed by atoms with Crippen LogP contribution < -0.4 is 10.5 Å². The van der Waals surface area contributed by atoms with Gasteiger partial charge in [0.25, 0.3) is 5.56 Å². The second-order valence-corrected chi connectivity index (χ2v) is 4.00. The second-order valence-electron chi connectivity index (χ2n) is 4.00. The van der Waals surface area contributed by atoms with Crippen molar-refractivity contribution in [1.82, 2.24) is 9.55 Å².